The molecule has 1 aromatic carbocycles. The predicted molar refractivity (Wildman–Crippen MR) is 77.9 cm³/mol. The molecule has 1 aromatic heterocycles. The lowest BCUT2D eigenvalue weighted by Gasteiger charge is -2.05. The van der Waals surface area contributed by atoms with Crippen LogP contribution in [0.5, 0.6) is 11.5 Å². The Balaban J connectivity index is 2.05. The lowest BCUT2D eigenvalue weighted by atomic mass is 10.3. The molecule has 0 radical (unpaired) electrons. The van der Waals surface area contributed by atoms with Crippen LogP contribution in [-0.2, 0) is 9.53 Å². The second kappa shape index (κ2) is 7.21. The molecular formula is C16H14FNO4. The summed E-state index contributed by atoms with van der Waals surface area (Å²) in [6.45, 7) is 1.82. The number of pyridine rings is 1. The van der Waals surface area contributed by atoms with E-state index in [1.165, 1.54) is 36.5 Å². The summed E-state index contributed by atoms with van der Waals surface area (Å²) in [7, 11) is 0. The third-order valence-electron chi connectivity index (χ3n) is 2.58. The highest BCUT2D eigenvalue weighted by molar-refractivity contribution is 5.90. The van der Waals surface area contributed by atoms with Gasteiger partial charge < -0.3 is 14.6 Å². The molecule has 0 amide bonds. The summed E-state index contributed by atoms with van der Waals surface area (Å²) >= 11 is 0. The van der Waals surface area contributed by atoms with E-state index in [-0.39, 0.29) is 12.4 Å². The molecule has 1 heterocycles. The zero-order chi connectivity index (χ0) is 15.9. The number of rotatable bonds is 5. The Kier molecular flexibility index (Phi) is 5.08. The first kappa shape index (κ1) is 15.5. The predicted octanol–water partition coefficient (Wildman–Crippen LogP) is 3.48. The van der Waals surface area contributed by atoms with E-state index in [2.05, 4.69) is 9.72 Å². The van der Waals surface area contributed by atoms with E-state index in [9.17, 15) is 14.3 Å². The molecule has 6 heteroatoms. The first-order valence-corrected chi connectivity index (χ1v) is 6.55. The Bertz CT molecular complexity index is 666. The van der Waals surface area contributed by atoms with Crippen LogP contribution in [0.3, 0.4) is 0 Å². The standard InChI is InChI=1S/C16H14FNO4/c1-2-21-16(20)15(19)9-12-5-8-14(10-18-12)22-13-6-3-11(17)4-7-13/h3-10,19H,2H2,1H3/b15-9-. The number of nitrogens with zero attached hydrogens (tertiary/aromatic N) is 1. The molecule has 0 fully saturated rings. The number of carbonyl (C=O) groups is 1. The van der Waals surface area contributed by atoms with E-state index in [1.807, 2.05) is 0 Å². The van der Waals surface area contributed by atoms with Gasteiger partial charge in [0.25, 0.3) is 0 Å². The molecule has 0 saturated heterocycles. The number of carbonyl (C=O) groups excluding carboxylic acids is 1. The average Bonchev–Trinajstić information content (AvgIpc) is 2.51. The van der Waals surface area contributed by atoms with Gasteiger partial charge in [-0.3, -0.25) is 4.98 Å². The van der Waals surface area contributed by atoms with Gasteiger partial charge in [-0.05, 0) is 43.3 Å². The number of esters is 1. The minimum absolute atomic E-state index is 0.175. The van der Waals surface area contributed by atoms with Crippen molar-refractivity contribution in [2.75, 3.05) is 6.61 Å². The largest absolute Gasteiger partial charge is 0.502 e. The Hall–Kier alpha value is -2.89. The van der Waals surface area contributed by atoms with Crippen molar-refractivity contribution in [1.29, 1.82) is 0 Å². The highest BCUT2D eigenvalue weighted by Crippen LogP contribution is 2.21. The highest BCUT2D eigenvalue weighted by Gasteiger charge is 2.08. The third kappa shape index (κ3) is 4.31. The molecule has 0 atom stereocenters. The molecular weight excluding hydrogens is 289 g/mol. The van der Waals surface area contributed by atoms with Crippen molar-refractivity contribution >= 4 is 12.0 Å². The summed E-state index contributed by atoms with van der Waals surface area (Å²) in [6, 6.07) is 8.74. The van der Waals surface area contributed by atoms with E-state index in [1.54, 1.807) is 19.1 Å². The number of aliphatic hydroxyl groups excluding tert-OH is 1. The molecule has 0 aliphatic carbocycles. The van der Waals surface area contributed by atoms with Gasteiger partial charge in [-0.25, -0.2) is 9.18 Å². The van der Waals surface area contributed by atoms with Crippen LogP contribution < -0.4 is 4.74 Å². The van der Waals surface area contributed by atoms with Crippen LogP contribution in [0.25, 0.3) is 6.08 Å². The first-order valence-electron chi connectivity index (χ1n) is 6.55. The topological polar surface area (TPSA) is 68.7 Å². The quantitative estimate of drug-likeness (QED) is 0.520. The van der Waals surface area contributed by atoms with Crippen molar-refractivity contribution in [2.24, 2.45) is 0 Å². The normalized spacial score (nSPS) is 11.1. The van der Waals surface area contributed by atoms with Crippen molar-refractivity contribution in [3.8, 4) is 11.5 Å². The molecule has 1 N–H and O–H groups in total. The van der Waals surface area contributed by atoms with Crippen LogP contribution >= 0.6 is 0 Å². The molecule has 0 aliphatic rings. The maximum Gasteiger partial charge on any atom is 0.373 e. The molecule has 2 rings (SSSR count). The highest BCUT2D eigenvalue weighted by atomic mass is 19.1. The van der Waals surface area contributed by atoms with Crippen LogP contribution in [0.4, 0.5) is 4.39 Å². The molecule has 2 aromatic rings. The van der Waals surface area contributed by atoms with Crippen molar-refractivity contribution < 1.29 is 23.8 Å². The van der Waals surface area contributed by atoms with Crippen LogP contribution in [0.1, 0.15) is 12.6 Å². The maximum atomic E-state index is 12.8. The van der Waals surface area contributed by atoms with E-state index < -0.39 is 11.7 Å². The lowest BCUT2D eigenvalue weighted by molar-refractivity contribution is -0.141. The molecule has 5 nitrogen and oxygen atoms in total. The van der Waals surface area contributed by atoms with E-state index in [4.69, 9.17) is 4.74 Å². The number of aliphatic hydroxyl groups is 1. The third-order valence-corrected chi connectivity index (χ3v) is 2.58. The van der Waals surface area contributed by atoms with Gasteiger partial charge in [0.15, 0.2) is 0 Å². The number of hydrogen-bond acceptors (Lipinski definition) is 5. The fourth-order valence-corrected chi connectivity index (χ4v) is 1.58. The summed E-state index contributed by atoms with van der Waals surface area (Å²) in [5.41, 5.74) is 0.372. The van der Waals surface area contributed by atoms with Crippen molar-refractivity contribution in [1.82, 2.24) is 4.98 Å². The summed E-state index contributed by atoms with van der Waals surface area (Å²) in [5, 5.41) is 9.51. The summed E-state index contributed by atoms with van der Waals surface area (Å²) < 4.78 is 22.9. The second-order valence-electron chi connectivity index (χ2n) is 4.22. The summed E-state index contributed by atoms with van der Waals surface area (Å²) in [5.74, 6) is -0.766. The molecule has 114 valence electrons. The minimum atomic E-state index is -0.809. The second-order valence-corrected chi connectivity index (χ2v) is 4.22. The van der Waals surface area contributed by atoms with Crippen LogP contribution in [0.15, 0.2) is 48.4 Å². The van der Waals surface area contributed by atoms with Crippen molar-refractivity contribution in [3.05, 3.63) is 59.9 Å². The zero-order valence-corrected chi connectivity index (χ0v) is 11.8. The van der Waals surface area contributed by atoms with Gasteiger partial charge in [-0.1, -0.05) is 0 Å². The fourth-order valence-electron chi connectivity index (χ4n) is 1.58. The van der Waals surface area contributed by atoms with Gasteiger partial charge in [0, 0.05) is 6.08 Å². The molecule has 0 spiro atoms. The Morgan fingerprint density at radius 2 is 1.91 bits per heavy atom. The smallest absolute Gasteiger partial charge is 0.373 e. The Morgan fingerprint density at radius 1 is 1.23 bits per heavy atom. The first-order chi connectivity index (χ1) is 10.6. The van der Waals surface area contributed by atoms with E-state index in [0.717, 1.165) is 0 Å². The number of aromatic nitrogens is 1. The molecule has 0 saturated carbocycles. The van der Waals surface area contributed by atoms with Gasteiger partial charge in [0.05, 0.1) is 18.5 Å². The zero-order valence-electron chi connectivity index (χ0n) is 11.8. The Labute approximate surface area is 126 Å². The minimum Gasteiger partial charge on any atom is -0.502 e. The molecule has 0 bridgehead atoms. The SMILES string of the molecule is CCOC(=O)/C(O)=C/c1ccc(Oc2ccc(F)cc2)cn1. The molecule has 22 heavy (non-hydrogen) atoms. The van der Waals surface area contributed by atoms with Crippen LogP contribution in [0.2, 0.25) is 0 Å². The Morgan fingerprint density at radius 3 is 2.50 bits per heavy atom. The number of halogens is 1. The summed E-state index contributed by atoms with van der Waals surface area (Å²) in [4.78, 5) is 15.3. The van der Waals surface area contributed by atoms with Crippen molar-refractivity contribution in [3.63, 3.8) is 0 Å². The maximum absolute atomic E-state index is 12.8. The number of ether oxygens (including phenoxy) is 2. The van der Waals surface area contributed by atoms with Crippen LogP contribution in [0, 0.1) is 5.82 Å². The average molecular weight is 303 g/mol. The monoisotopic (exact) mass is 303 g/mol. The van der Waals surface area contributed by atoms with Gasteiger partial charge in [-0.2, -0.15) is 0 Å². The van der Waals surface area contributed by atoms with Crippen LogP contribution in [-0.4, -0.2) is 22.7 Å². The van der Waals surface area contributed by atoms with Gasteiger partial charge in [-0.15, -0.1) is 0 Å². The van der Waals surface area contributed by atoms with E-state index in [0.29, 0.717) is 17.2 Å². The lowest BCUT2D eigenvalue weighted by Crippen LogP contribution is -2.06. The van der Waals surface area contributed by atoms with E-state index >= 15 is 0 Å². The van der Waals surface area contributed by atoms with Gasteiger partial charge in [0.2, 0.25) is 5.76 Å². The number of benzene rings is 1. The molecule has 0 unspecified atom stereocenters. The summed E-state index contributed by atoms with van der Waals surface area (Å²) in [6.07, 6.45) is 2.62. The van der Waals surface area contributed by atoms with Gasteiger partial charge in [0.1, 0.15) is 17.3 Å². The fraction of sp³-hybridized carbons (Fsp3) is 0.125. The van der Waals surface area contributed by atoms with Crippen molar-refractivity contribution in [2.45, 2.75) is 6.92 Å². The molecule has 0 aliphatic heterocycles. The number of hydrogen-bond donors (Lipinski definition) is 1. The van der Waals surface area contributed by atoms with Gasteiger partial charge >= 0.3 is 5.97 Å².